The minimum atomic E-state index is -0.113. The molecular weight excluding hydrogens is 312 g/mol. The Balaban J connectivity index is 1.68. The van der Waals surface area contributed by atoms with Crippen molar-refractivity contribution in [1.82, 2.24) is 9.78 Å². The minimum absolute atomic E-state index is 0.0115. The summed E-state index contributed by atoms with van der Waals surface area (Å²) in [5.41, 5.74) is 6.30. The van der Waals surface area contributed by atoms with Crippen LogP contribution in [0, 0.1) is 12.3 Å². The fraction of sp³-hybridized carbons (Fsp3) is 0.476. The molecule has 132 valence electrons. The topological polar surface area (TPSA) is 47.3 Å². The van der Waals surface area contributed by atoms with Crippen molar-refractivity contribution in [2.24, 2.45) is 5.41 Å². The van der Waals surface area contributed by atoms with E-state index in [4.69, 9.17) is 4.74 Å². The van der Waals surface area contributed by atoms with Crippen LogP contribution in [0.25, 0.3) is 11.8 Å². The zero-order valence-corrected chi connectivity index (χ0v) is 15.2. The Kier molecular flexibility index (Phi) is 4.05. The van der Waals surface area contributed by atoms with Gasteiger partial charge in [0.2, 0.25) is 0 Å². The molecule has 4 heteroatoms. The number of benzene rings is 1. The number of aliphatic hydroxyl groups excluding tert-OH is 1. The molecule has 25 heavy (non-hydrogen) atoms. The Morgan fingerprint density at radius 3 is 2.84 bits per heavy atom. The van der Waals surface area contributed by atoms with E-state index in [2.05, 4.69) is 49.3 Å². The Morgan fingerprint density at radius 2 is 2.12 bits per heavy atom. The average molecular weight is 338 g/mol. The van der Waals surface area contributed by atoms with Crippen LogP contribution in [0.1, 0.15) is 43.5 Å². The predicted molar refractivity (Wildman–Crippen MR) is 98.7 cm³/mol. The van der Waals surface area contributed by atoms with Gasteiger partial charge in [-0.1, -0.05) is 30.2 Å². The number of rotatable bonds is 4. The maximum atomic E-state index is 9.33. The van der Waals surface area contributed by atoms with Crippen molar-refractivity contribution in [3.63, 3.8) is 0 Å². The summed E-state index contributed by atoms with van der Waals surface area (Å²) in [7, 11) is 0. The van der Waals surface area contributed by atoms with Crippen molar-refractivity contribution >= 4 is 6.08 Å². The molecule has 0 radical (unpaired) electrons. The Hall–Kier alpha value is -1.91. The van der Waals surface area contributed by atoms with Crippen LogP contribution >= 0.6 is 0 Å². The van der Waals surface area contributed by atoms with Gasteiger partial charge >= 0.3 is 0 Å². The summed E-state index contributed by atoms with van der Waals surface area (Å²) >= 11 is 0. The van der Waals surface area contributed by atoms with E-state index in [-0.39, 0.29) is 24.2 Å². The zero-order valence-electron chi connectivity index (χ0n) is 15.2. The van der Waals surface area contributed by atoms with Gasteiger partial charge in [-0.25, -0.2) is 4.68 Å². The lowest BCUT2D eigenvalue weighted by Crippen LogP contribution is -2.37. The van der Waals surface area contributed by atoms with E-state index < -0.39 is 0 Å². The predicted octanol–water partition coefficient (Wildman–Crippen LogP) is 3.69. The molecular formula is C21H26N2O2. The van der Waals surface area contributed by atoms with E-state index in [0.29, 0.717) is 0 Å². The van der Waals surface area contributed by atoms with Crippen LogP contribution in [0.5, 0.6) is 0 Å². The first-order valence-corrected chi connectivity index (χ1v) is 9.12. The van der Waals surface area contributed by atoms with E-state index >= 15 is 0 Å². The van der Waals surface area contributed by atoms with Crippen LogP contribution < -0.4 is 0 Å². The number of nitrogens with zero attached hydrogens (tertiary/aromatic N) is 2. The number of hydrogen-bond donors (Lipinski definition) is 1. The molecule has 1 aromatic carbocycles. The van der Waals surface area contributed by atoms with Crippen LogP contribution in [0.15, 0.2) is 36.0 Å². The molecule has 1 fully saturated rings. The smallest absolute Gasteiger partial charge is 0.0781 e. The van der Waals surface area contributed by atoms with Gasteiger partial charge in [-0.05, 0) is 56.9 Å². The molecule has 1 saturated carbocycles. The molecule has 0 bridgehead atoms. The number of fused-ring (bicyclic) bond motifs is 2. The average Bonchev–Trinajstić information content (AvgIpc) is 3.14. The largest absolute Gasteiger partial charge is 0.394 e. The summed E-state index contributed by atoms with van der Waals surface area (Å²) in [6, 6.07) is 8.50. The quantitative estimate of drug-likeness (QED) is 0.925. The molecule has 2 aliphatic rings. The highest BCUT2D eigenvalue weighted by Gasteiger charge is 2.46. The second-order valence-electron chi connectivity index (χ2n) is 7.72. The van der Waals surface area contributed by atoms with Gasteiger partial charge in [0.05, 0.1) is 36.4 Å². The first-order valence-electron chi connectivity index (χ1n) is 9.12. The van der Waals surface area contributed by atoms with Crippen LogP contribution in [-0.2, 0) is 11.2 Å². The van der Waals surface area contributed by atoms with Gasteiger partial charge in [0.15, 0.2) is 0 Å². The number of hydrogen-bond acceptors (Lipinski definition) is 3. The van der Waals surface area contributed by atoms with Crippen LogP contribution in [0.4, 0.5) is 0 Å². The van der Waals surface area contributed by atoms with Gasteiger partial charge < -0.3 is 9.84 Å². The highest BCUT2D eigenvalue weighted by Crippen LogP contribution is 2.51. The Bertz CT molecular complexity index is 806. The fourth-order valence-corrected chi connectivity index (χ4v) is 4.24. The number of ether oxygens (including phenoxy) is 1. The molecule has 0 saturated heterocycles. The lowest BCUT2D eigenvalue weighted by molar-refractivity contribution is -0.0656. The molecule has 0 aliphatic heterocycles. The van der Waals surface area contributed by atoms with Crippen molar-refractivity contribution in [3.8, 4) is 5.69 Å². The van der Waals surface area contributed by atoms with E-state index in [9.17, 15) is 5.11 Å². The molecule has 1 aromatic heterocycles. The number of aromatic nitrogens is 2. The normalized spacial score (nSPS) is 26.1. The highest BCUT2D eigenvalue weighted by atomic mass is 16.5. The SMILES string of the molecule is Cc1ccc(-n2ncc3c2C=C2CCC(OC(C)CO)C2(C)C3)cc1. The van der Waals surface area contributed by atoms with Crippen molar-refractivity contribution in [1.29, 1.82) is 0 Å². The van der Waals surface area contributed by atoms with Crippen LogP contribution in [0.3, 0.4) is 0 Å². The van der Waals surface area contributed by atoms with Crippen molar-refractivity contribution in [2.45, 2.75) is 52.2 Å². The van der Waals surface area contributed by atoms with Gasteiger partial charge in [-0.15, -0.1) is 0 Å². The van der Waals surface area contributed by atoms with E-state index in [1.54, 1.807) is 0 Å². The Morgan fingerprint density at radius 1 is 1.36 bits per heavy atom. The fourth-order valence-electron chi connectivity index (χ4n) is 4.24. The third-order valence-corrected chi connectivity index (χ3v) is 5.81. The summed E-state index contributed by atoms with van der Waals surface area (Å²) < 4.78 is 8.18. The van der Waals surface area contributed by atoms with E-state index in [1.165, 1.54) is 22.4 Å². The summed E-state index contributed by atoms with van der Waals surface area (Å²) in [4.78, 5) is 0. The van der Waals surface area contributed by atoms with Crippen molar-refractivity contribution < 1.29 is 9.84 Å². The maximum Gasteiger partial charge on any atom is 0.0781 e. The summed E-state index contributed by atoms with van der Waals surface area (Å²) in [5, 5.41) is 14.0. The van der Waals surface area contributed by atoms with Gasteiger partial charge in [-0.3, -0.25) is 0 Å². The molecule has 3 atom stereocenters. The second kappa shape index (κ2) is 6.11. The third-order valence-electron chi connectivity index (χ3n) is 5.81. The summed E-state index contributed by atoms with van der Waals surface area (Å²) in [6.07, 6.45) is 7.39. The van der Waals surface area contributed by atoms with Gasteiger partial charge in [0, 0.05) is 5.41 Å². The first kappa shape index (κ1) is 16.6. The molecule has 4 nitrogen and oxygen atoms in total. The molecule has 2 aliphatic carbocycles. The molecule has 0 spiro atoms. The first-order chi connectivity index (χ1) is 12.0. The maximum absolute atomic E-state index is 9.33. The highest BCUT2D eigenvalue weighted by molar-refractivity contribution is 5.62. The minimum Gasteiger partial charge on any atom is -0.394 e. The Labute approximate surface area is 149 Å². The standard InChI is InChI=1S/C21H26N2O2/c1-14-4-7-18(8-5-14)23-19-10-17-6-9-20(25-15(2)13-24)21(17,3)11-16(19)12-22-23/h4-5,7-8,10,12,15,20,24H,6,9,11,13H2,1-3H3. The summed E-state index contributed by atoms with van der Waals surface area (Å²) in [6.45, 7) is 6.41. The molecule has 1 heterocycles. The van der Waals surface area contributed by atoms with Crippen LogP contribution in [-0.4, -0.2) is 33.7 Å². The second-order valence-corrected chi connectivity index (χ2v) is 7.72. The van der Waals surface area contributed by atoms with E-state index in [1.807, 2.05) is 17.8 Å². The zero-order chi connectivity index (χ0) is 17.6. The number of aryl methyl sites for hydroxylation is 1. The van der Waals surface area contributed by atoms with Crippen molar-refractivity contribution in [3.05, 3.63) is 52.9 Å². The molecule has 4 rings (SSSR count). The van der Waals surface area contributed by atoms with Crippen LogP contribution in [0.2, 0.25) is 0 Å². The van der Waals surface area contributed by atoms with Crippen molar-refractivity contribution in [2.75, 3.05) is 6.61 Å². The molecule has 2 aromatic rings. The lowest BCUT2D eigenvalue weighted by atomic mass is 9.73. The van der Waals surface area contributed by atoms with Gasteiger partial charge in [0.1, 0.15) is 0 Å². The monoisotopic (exact) mass is 338 g/mol. The number of aliphatic hydroxyl groups is 1. The molecule has 3 unspecified atom stereocenters. The van der Waals surface area contributed by atoms with Gasteiger partial charge in [-0.2, -0.15) is 5.10 Å². The molecule has 1 N–H and O–H groups in total. The van der Waals surface area contributed by atoms with Gasteiger partial charge in [0.25, 0.3) is 0 Å². The summed E-state index contributed by atoms with van der Waals surface area (Å²) in [5.74, 6) is 0. The molecule has 0 amide bonds. The van der Waals surface area contributed by atoms with E-state index in [0.717, 1.165) is 24.9 Å². The third kappa shape index (κ3) is 2.74. The lowest BCUT2D eigenvalue weighted by Gasteiger charge is -2.36.